The molecule has 0 aliphatic heterocycles. The fourth-order valence-corrected chi connectivity index (χ4v) is 1.03. The first kappa shape index (κ1) is 8.55. The number of hydrogen-bond acceptors (Lipinski definition) is 1. The maximum atomic E-state index is 8.23. The molecule has 0 saturated carbocycles. The van der Waals surface area contributed by atoms with Gasteiger partial charge in [-0.1, -0.05) is 36.4 Å². The standard InChI is InChI=1S/C11H11N/c12-10-6-2-5-9-11-7-3-1-4-8-11/h1-4,6-8H,5,9H2/b6-2-. The first-order chi connectivity index (χ1) is 5.93. The van der Waals surface area contributed by atoms with E-state index in [1.807, 2.05) is 30.3 Å². The van der Waals surface area contributed by atoms with Gasteiger partial charge in [0.1, 0.15) is 0 Å². The molecule has 0 radical (unpaired) electrons. The van der Waals surface area contributed by atoms with Gasteiger partial charge in [0.25, 0.3) is 0 Å². The second kappa shape index (κ2) is 5.15. The van der Waals surface area contributed by atoms with E-state index in [1.54, 1.807) is 0 Å². The van der Waals surface area contributed by atoms with Gasteiger partial charge in [-0.05, 0) is 18.4 Å². The van der Waals surface area contributed by atoms with Crippen molar-refractivity contribution in [3.05, 3.63) is 48.0 Å². The van der Waals surface area contributed by atoms with Gasteiger partial charge in [-0.15, -0.1) is 0 Å². The van der Waals surface area contributed by atoms with E-state index in [0.29, 0.717) is 0 Å². The Balaban J connectivity index is 2.35. The van der Waals surface area contributed by atoms with Gasteiger partial charge in [0.15, 0.2) is 0 Å². The van der Waals surface area contributed by atoms with Gasteiger partial charge in [0.2, 0.25) is 0 Å². The Bertz CT molecular complexity index is 280. The van der Waals surface area contributed by atoms with Crippen LogP contribution in [-0.4, -0.2) is 0 Å². The van der Waals surface area contributed by atoms with Gasteiger partial charge in [0, 0.05) is 6.08 Å². The molecule has 0 aliphatic rings. The van der Waals surface area contributed by atoms with E-state index in [1.165, 1.54) is 11.6 Å². The largest absolute Gasteiger partial charge is 0.193 e. The van der Waals surface area contributed by atoms with E-state index in [9.17, 15) is 0 Å². The van der Waals surface area contributed by atoms with Crippen molar-refractivity contribution in [3.8, 4) is 6.07 Å². The molecule has 1 aromatic carbocycles. The number of hydrogen-bond donors (Lipinski definition) is 0. The van der Waals surface area contributed by atoms with Crippen LogP contribution in [0.2, 0.25) is 0 Å². The van der Waals surface area contributed by atoms with Crippen LogP contribution in [0.15, 0.2) is 42.5 Å². The fourth-order valence-electron chi connectivity index (χ4n) is 1.03. The van der Waals surface area contributed by atoms with Gasteiger partial charge >= 0.3 is 0 Å². The molecule has 0 aliphatic carbocycles. The summed E-state index contributed by atoms with van der Waals surface area (Å²) in [5.41, 5.74) is 1.32. The van der Waals surface area contributed by atoms with Gasteiger partial charge in [-0.2, -0.15) is 5.26 Å². The topological polar surface area (TPSA) is 23.8 Å². The van der Waals surface area contributed by atoms with Crippen molar-refractivity contribution >= 4 is 0 Å². The molecule has 0 saturated heterocycles. The van der Waals surface area contributed by atoms with Crippen LogP contribution in [0.3, 0.4) is 0 Å². The monoisotopic (exact) mass is 157 g/mol. The van der Waals surface area contributed by atoms with Crippen LogP contribution in [-0.2, 0) is 6.42 Å². The van der Waals surface area contributed by atoms with Crippen molar-refractivity contribution < 1.29 is 0 Å². The van der Waals surface area contributed by atoms with Crippen molar-refractivity contribution in [2.45, 2.75) is 12.8 Å². The van der Waals surface area contributed by atoms with E-state index in [0.717, 1.165) is 12.8 Å². The number of benzene rings is 1. The lowest BCUT2D eigenvalue weighted by molar-refractivity contribution is 1.00. The zero-order chi connectivity index (χ0) is 8.65. The van der Waals surface area contributed by atoms with Crippen molar-refractivity contribution in [1.82, 2.24) is 0 Å². The first-order valence-electron chi connectivity index (χ1n) is 4.02. The highest BCUT2D eigenvalue weighted by atomic mass is 14.2. The SMILES string of the molecule is N#C/C=C\CCc1ccccc1. The van der Waals surface area contributed by atoms with Gasteiger partial charge < -0.3 is 0 Å². The lowest BCUT2D eigenvalue weighted by Gasteiger charge is -1.94. The summed E-state index contributed by atoms with van der Waals surface area (Å²) in [6, 6.07) is 12.2. The highest BCUT2D eigenvalue weighted by Gasteiger charge is 1.86. The van der Waals surface area contributed by atoms with E-state index in [-0.39, 0.29) is 0 Å². The molecule has 1 nitrogen and oxygen atoms in total. The summed E-state index contributed by atoms with van der Waals surface area (Å²) >= 11 is 0. The Labute approximate surface area is 73.0 Å². The Morgan fingerprint density at radius 1 is 1.25 bits per heavy atom. The van der Waals surface area contributed by atoms with E-state index < -0.39 is 0 Å². The summed E-state index contributed by atoms with van der Waals surface area (Å²) in [5, 5.41) is 8.23. The number of nitriles is 1. The van der Waals surface area contributed by atoms with E-state index >= 15 is 0 Å². The molecule has 1 rings (SSSR count). The molecule has 0 atom stereocenters. The molecule has 0 bridgehead atoms. The lowest BCUT2D eigenvalue weighted by Crippen LogP contribution is -1.80. The van der Waals surface area contributed by atoms with Gasteiger partial charge in [0.05, 0.1) is 6.07 Å². The summed E-state index contributed by atoms with van der Waals surface area (Å²) in [6.45, 7) is 0. The number of rotatable bonds is 3. The third-order valence-corrected chi connectivity index (χ3v) is 1.63. The average Bonchev–Trinajstić information content (AvgIpc) is 2.14. The summed E-state index contributed by atoms with van der Waals surface area (Å²) < 4.78 is 0. The fraction of sp³-hybridized carbons (Fsp3) is 0.182. The third-order valence-electron chi connectivity index (χ3n) is 1.63. The molecule has 1 aromatic rings. The lowest BCUT2D eigenvalue weighted by atomic mass is 10.1. The summed E-state index contributed by atoms with van der Waals surface area (Å²) in [7, 11) is 0. The molecule has 0 unspecified atom stereocenters. The zero-order valence-electron chi connectivity index (χ0n) is 6.90. The first-order valence-corrected chi connectivity index (χ1v) is 4.02. The summed E-state index contributed by atoms with van der Waals surface area (Å²) in [4.78, 5) is 0. The van der Waals surface area contributed by atoms with Crippen LogP contribution in [0.1, 0.15) is 12.0 Å². The maximum absolute atomic E-state index is 8.23. The smallest absolute Gasteiger partial charge is 0.0908 e. The van der Waals surface area contributed by atoms with Crippen molar-refractivity contribution in [1.29, 1.82) is 5.26 Å². The molecule has 0 amide bonds. The normalized spacial score (nSPS) is 9.92. The van der Waals surface area contributed by atoms with Crippen LogP contribution < -0.4 is 0 Å². The molecule has 1 heteroatoms. The quantitative estimate of drug-likeness (QED) is 0.619. The molecule has 0 heterocycles. The van der Waals surface area contributed by atoms with Crippen LogP contribution in [0.4, 0.5) is 0 Å². The Hall–Kier alpha value is -1.55. The summed E-state index contributed by atoms with van der Waals surface area (Å²) in [6.07, 6.45) is 5.38. The van der Waals surface area contributed by atoms with Crippen molar-refractivity contribution in [2.75, 3.05) is 0 Å². The van der Waals surface area contributed by atoms with Crippen LogP contribution in [0, 0.1) is 11.3 Å². The predicted molar refractivity (Wildman–Crippen MR) is 49.5 cm³/mol. The predicted octanol–water partition coefficient (Wildman–Crippen LogP) is 2.70. The number of aryl methyl sites for hydroxylation is 1. The van der Waals surface area contributed by atoms with Gasteiger partial charge in [-0.3, -0.25) is 0 Å². The third kappa shape index (κ3) is 3.03. The Kier molecular flexibility index (Phi) is 3.67. The zero-order valence-corrected chi connectivity index (χ0v) is 6.90. The number of allylic oxidation sites excluding steroid dienone is 2. The molecular formula is C11H11N. The van der Waals surface area contributed by atoms with Crippen LogP contribution >= 0.6 is 0 Å². The summed E-state index contributed by atoms with van der Waals surface area (Å²) in [5.74, 6) is 0. The van der Waals surface area contributed by atoms with Crippen molar-refractivity contribution in [3.63, 3.8) is 0 Å². The minimum Gasteiger partial charge on any atom is -0.193 e. The van der Waals surface area contributed by atoms with E-state index in [2.05, 4.69) is 12.1 Å². The molecule has 12 heavy (non-hydrogen) atoms. The van der Waals surface area contributed by atoms with Crippen molar-refractivity contribution in [2.24, 2.45) is 0 Å². The Morgan fingerprint density at radius 2 is 2.00 bits per heavy atom. The minimum atomic E-state index is 0.942. The highest BCUT2D eigenvalue weighted by molar-refractivity contribution is 5.15. The minimum absolute atomic E-state index is 0.942. The molecule has 0 N–H and O–H groups in total. The second-order valence-corrected chi connectivity index (χ2v) is 2.56. The van der Waals surface area contributed by atoms with E-state index in [4.69, 9.17) is 5.26 Å². The molecule has 0 spiro atoms. The second-order valence-electron chi connectivity index (χ2n) is 2.56. The molecule has 0 aromatic heterocycles. The molecule has 60 valence electrons. The highest BCUT2D eigenvalue weighted by Crippen LogP contribution is 2.02. The Morgan fingerprint density at radius 3 is 2.67 bits per heavy atom. The van der Waals surface area contributed by atoms with Gasteiger partial charge in [-0.25, -0.2) is 0 Å². The average molecular weight is 157 g/mol. The molecular weight excluding hydrogens is 146 g/mol. The molecule has 0 fully saturated rings. The van der Waals surface area contributed by atoms with Crippen LogP contribution in [0.25, 0.3) is 0 Å². The number of nitrogens with zero attached hydrogens (tertiary/aromatic N) is 1. The maximum Gasteiger partial charge on any atom is 0.0908 e. The van der Waals surface area contributed by atoms with Crippen LogP contribution in [0.5, 0.6) is 0 Å².